The molecule has 0 fully saturated rings. The molecule has 1 aliphatic carbocycles. The predicted molar refractivity (Wildman–Crippen MR) is 110 cm³/mol. The summed E-state index contributed by atoms with van der Waals surface area (Å²) in [5.74, 6) is 0.855. The van der Waals surface area contributed by atoms with E-state index < -0.39 is 0 Å². The van der Waals surface area contributed by atoms with Gasteiger partial charge in [0.05, 0.1) is 0 Å². The van der Waals surface area contributed by atoms with Gasteiger partial charge in [0.2, 0.25) is 0 Å². The van der Waals surface area contributed by atoms with Crippen molar-refractivity contribution in [2.75, 3.05) is 11.6 Å². The summed E-state index contributed by atoms with van der Waals surface area (Å²) in [5.41, 5.74) is 6.96. The summed E-state index contributed by atoms with van der Waals surface area (Å²) >= 11 is 3.56. The largest absolute Gasteiger partial charge is 0.472 e. The molecule has 5 heteroatoms. The monoisotopic (exact) mass is 425 g/mol. The van der Waals surface area contributed by atoms with Gasteiger partial charge in [0, 0.05) is 38.8 Å². The van der Waals surface area contributed by atoms with E-state index in [1.54, 1.807) is 0 Å². The number of benzene rings is 2. The Morgan fingerprint density at radius 3 is 2.74 bits per heavy atom. The van der Waals surface area contributed by atoms with Crippen LogP contribution in [0.25, 0.3) is 11.0 Å². The van der Waals surface area contributed by atoms with E-state index in [4.69, 9.17) is 9.15 Å². The third-order valence-corrected chi connectivity index (χ3v) is 6.64. The van der Waals surface area contributed by atoms with Gasteiger partial charge < -0.3 is 14.1 Å². The van der Waals surface area contributed by atoms with Crippen LogP contribution in [0.5, 0.6) is 5.75 Å². The molecule has 138 valence electrons. The fourth-order valence-corrected chi connectivity index (χ4v) is 4.58. The zero-order valence-corrected chi connectivity index (χ0v) is 17.0. The van der Waals surface area contributed by atoms with Gasteiger partial charge in [0.15, 0.2) is 6.73 Å². The minimum atomic E-state index is -0.180. The molecular weight excluding hydrogens is 406 g/mol. The Morgan fingerprint density at radius 2 is 1.93 bits per heavy atom. The van der Waals surface area contributed by atoms with Gasteiger partial charge in [-0.25, -0.2) is 4.79 Å². The van der Waals surface area contributed by atoms with Crippen molar-refractivity contribution in [3.63, 3.8) is 0 Å². The first-order valence-corrected chi connectivity index (χ1v) is 10.1. The molecule has 0 amide bonds. The van der Waals surface area contributed by atoms with Gasteiger partial charge in [-0.3, -0.25) is 0 Å². The number of hydrogen-bond donors (Lipinski definition) is 0. The Morgan fingerprint density at radius 1 is 1.11 bits per heavy atom. The van der Waals surface area contributed by atoms with Gasteiger partial charge in [0.25, 0.3) is 0 Å². The van der Waals surface area contributed by atoms with Crippen LogP contribution in [0.2, 0.25) is 0 Å². The molecule has 0 atom stereocenters. The molecule has 0 spiro atoms. The van der Waals surface area contributed by atoms with Crippen LogP contribution in [-0.2, 0) is 19.4 Å². The van der Waals surface area contributed by atoms with Crippen molar-refractivity contribution in [1.29, 1.82) is 0 Å². The molecule has 0 saturated carbocycles. The Hall–Kier alpha value is -2.27. The highest BCUT2D eigenvalue weighted by Gasteiger charge is 2.26. The fraction of sp³-hybridized carbons (Fsp3) is 0.318. The fourth-order valence-electron chi connectivity index (χ4n) is 4.33. The Kier molecular flexibility index (Phi) is 3.83. The van der Waals surface area contributed by atoms with Gasteiger partial charge in [-0.1, -0.05) is 15.9 Å². The van der Waals surface area contributed by atoms with Crippen molar-refractivity contribution < 1.29 is 9.15 Å². The number of nitrogens with zero attached hydrogens (tertiary/aromatic N) is 1. The molecule has 5 rings (SSSR count). The van der Waals surface area contributed by atoms with E-state index in [1.807, 2.05) is 6.92 Å². The number of fused-ring (bicyclic) bond motifs is 4. The molecule has 4 nitrogen and oxygen atoms in total. The molecule has 2 heterocycles. The van der Waals surface area contributed by atoms with Crippen LogP contribution in [0.3, 0.4) is 0 Å². The summed E-state index contributed by atoms with van der Waals surface area (Å²) in [5, 5.41) is 1.08. The molecule has 3 aromatic rings. The minimum Gasteiger partial charge on any atom is -0.472 e. The van der Waals surface area contributed by atoms with Gasteiger partial charge in [-0.15, -0.1) is 0 Å². The summed E-state index contributed by atoms with van der Waals surface area (Å²) in [6.45, 7) is 5.34. The molecule has 1 aliphatic heterocycles. The average Bonchev–Trinajstić information content (AvgIpc) is 3.16. The smallest absolute Gasteiger partial charge is 0.339 e. The summed E-state index contributed by atoms with van der Waals surface area (Å²) in [6.07, 6.45) is 2.80. The van der Waals surface area contributed by atoms with Crippen molar-refractivity contribution in [3.05, 3.63) is 67.0 Å². The summed E-state index contributed by atoms with van der Waals surface area (Å²) in [6, 6.07) is 8.52. The van der Waals surface area contributed by atoms with Crippen molar-refractivity contribution in [2.24, 2.45) is 0 Å². The zero-order chi connectivity index (χ0) is 18.7. The van der Waals surface area contributed by atoms with Crippen molar-refractivity contribution in [3.8, 4) is 5.75 Å². The lowest BCUT2D eigenvalue weighted by Gasteiger charge is -2.32. The van der Waals surface area contributed by atoms with Crippen LogP contribution in [0, 0.1) is 13.8 Å². The van der Waals surface area contributed by atoms with Gasteiger partial charge in [-0.05, 0) is 68.5 Å². The summed E-state index contributed by atoms with van der Waals surface area (Å²) in [7, 11) is 0. The Balaban J connectivity index is 1.63. The van der Waals surface area contributed by atoms with E-state index in [1.165, 1.54) is 11.1 Å². The van der Waals surface area contributed by atoms with E-state index in [2.05, 4.69) is 52.0 Å². The van der Waals surface area contributed by atoms with Crippen molar-refractivity contribution >= 4 is 32.6 Å². The average molecular weight is 426 g/mol. The number of rotatable bonds is 1. The predicted octanol–water partition coefficient (Wildman–Crippen LogP) is 5.02. The molecule has 0 radical (unpaired) electrons. The lowest BCUT2D eigenvalue weighted by Crippen LogP contribution is -2.32. The van der Waals surface area contributed by atoms with Crippen LogP contribution in [-0.4, -0.2) is 6.73 Å². The second kappa shape index (κ2) is 6.13. The van der Waals surface area contributed by atoms with Gasteiger partial charge in [-0.2, -0.15) is 0 Å². The normalized spacial score (nSPS) is 15.6. The minimum absolute atomic E-state index is 0.180. The second-order valence-corrected chi connectivity index (χ2v) is 8.33. The Bertz CT molecular complexity index is 1150. The molecule has 27 heavy (non-hydrogen) atoms. The van der Waals surface area contributed by atoms with Crippen LogP contribution in [0.15, 0.2) is 37.9 Å². The zero-order valence-electron chi connectivity index (χ0n) is 15.4. The number of hydrogen-bond acceptors (Lipinski definition) is 4. The third-order valence-electron chi connectivity index (χ3n) is 5.75. The highest BCUT2D eigenvalue weighted by molar-refractivity contribution is 9.10. The van der Waals surface area contributed by atoms with Gasteiger partial charge >= 0.3 is 5.63 Å². The van der Waals surface area contributed by atoms with Crippen molar-refractivity contribution in [1.82, 2.24) is 0 Å². The first-order chi connectivity index (χ1) is 13.0. The molecule has 0 bridgehead atoms. The standard InChI is InChI=1S/C22H20BrNO3/c1-12-8-15(6-7-19(12)23)24-10-14-9-18-16-4-3-5-17(16)22(25)27-21(18)13(2)20(14)26-11-24/h6-9H,3-5,10-11H2,1-2H3. The first kappa shape index (κ1) is 16.9. The molecule has 0 N–H and O–H groups in total. The SMILES string of the molecule is Cc1cc(N2COc3c(cc4c5c(c(=O)oc4c3C)CCC5)C2)ccc1Br. The molecular formula is C22H20BrNO3. The third kappa shape index (κ3) is 2.59. The van der Waals surface area contributed by atoms with E-state index in [0.29, 0.717) is 12.3 Å². The maximum atomic E-state index is 12.3. The number of ether oxygens (including phenoxy) is 1. The maximum absolute atomic E-state index is 12.3. The highest BCUT2D eigenvalue weighted by Crippen LogP contribution is 2.39. The molecule has 1 aromatic heterocycles. The van der Waals surface area contributed by atoms with E-state index in [9.17, 15) is 4.79 Å². The van der Waals surface area contributed by atoms with E-state index >= 15 is 0 Å². The first-order valence-electron chi connectivity index (χ1n) is 9.28. The summed E-state index contributed by atoms with van der Waals surface area (Å²) < 4.78 is 12.9. The van der Waals surface area contributed by atoms with Crippen molar-refractivity contribution in [2.45, 2.75) is 39.7 Å². The molecule has 0 saturated heterocycles. The number of anilines is 1. The van der Waals surface area contributed by atoms with Crippen LogP contribution in [0.4, 0.5) is 5.69 Å². The lowest BCUT2D eigenvalue weighted by atomic mass is 9.99. The molecule has 0 unspecified atom stereocenters. The Labute approximate surface area is 165 Å². The number of halogens is 1. The quantitative estimate of drug-likeness (QED) is 0.513. The molecule has 2 aliphatic rings. The van der Waals surface area contributed by atoms with Crippen LogP contribution in [0.1, 0.15) is 34.2 Å². The topological polar surface area (TPSA) is 42.7 Å². The second-order valence-electron chi connectivity index (χ2n) is 7.47. The van der Waals surface area contributed by atoms with E-state index in [-0.39, 0.29) is 5.63 Å². The number of aryl methyl sites for hydroxylation is 3. The van der Waals surface area contributed by atoms with E-state index in [0.717, 1.165) is 63.8 Å². The van der Waals surface area contributed by atoms with Crippen LogP contribution >= 0.6 is 15.9 Å². The molecule has 2 aromatic carbocycles. The highest BCUT2D eigenvalue weighted by atomic mass is 79.9. The maximum Gasteiger partial charge on any atom is 0.339 e. The van der Waals surface area contributed by atoms with Crippen LogP contribution < -0.4 is 15.3 Å². The summed E-state index contributed by atoms with van der Waals surface area (Å²) in [4.78, 5) is 14.6. The lowest BCUT2D eigenvalue weighted by molar-refractivity contribution is 0.287. The van der Waals surface area contributed by atoms with Gasteiger partial charge in [0.1, 0.15) is 11.3 Å².